The van der Waals surface area contributed by atoms with Gasteiger partial charge in [0, 0.05) is 11.1 Å². The van der Waals surface area contributed by atoms with E-state index in [4.69, 9.17) is 21.9 Å². The molecule has 0 aliphatic heterocycles. The lowest BCUT2D eigenvalue weighted by molar-refractivity contribution is 0.0847. The zero-order valence-corrected chi connectivity index (χ0v) is 12.8. The number of primary amides is 3. The van der Waals surface area contributed by atoms with Gasteiger partial charge in [0.05, 0.1) is 0 Å². The lowest BCUT2D eigenvalue weighted by atomic mass is 10.2. The van der Waals surface area contributed by atoms with E-state index < -0.39 is 23.9 Å². The first-order chi connectivity index (χ1) is 11.8. The molecular formula is C16H14N4O5. The summed E-state index contributed by atoms with van der Waals surface area (Å²) in [6, 6.07) is 9.17. The molecule has 0 spiro atoms. The Hall–Kier alpha value is -3.88. The third-order valence-corrected chi connectivity index (χ3v) is 3.08. The van der Waals surface area contributed by atoms with Crippen LogP contribution in [0.2, 0.25) is 0 Å². The molecule has 0 aromatic heterocycles. The van der Waals surface area contributed by atoms with E-state index in [1.54, 1.807) is 12.1 Å². The molecule has 0 saturated carbocycles. The average molecular weight is 342 g/mol. The number of hydrogen-bond donors (Lipinski definition) is 3. The molecule has 0 aliphatic rings. The molecule has 0 heterocycles. The first-order valence-corrected chi connectivity index (χ1v) is 6.90. The van der Waals surface area contributed by atoms with E-state index in [1.807, 2.05) is 0 Å². The molecular weight excluding hydrogens is 328 g/mol. The standard InChI is InChI=1S/C16H14N4O5/c17-13(21)9-3-1-5-11(7-9)25-12-6-2-4-10(8-12)14(22)20(15(18)23)16(19)24/h1-8H,(H2,17,21)(H2,18,23)(H2,19,24). The van der Waals surface area contributed by atoms with Crippen molar-refractivity contribution >= 4 is 23.9 Å². The second kappa shape index (κ2) is 7.13. The number of ether oxygens (including phenoxy) is 1. The van der Waals surface area contributed by atoms with E-state index in [1.165, 1.54) is 36.4 Å². The number of carbonyl (C=O) groups excluding carboxylic acids is 4. The molecule has 0 fully saturated rings. The van der Waals surface area contributed by atoms with Gasteiger partial charge < -0.3 is 21.9 Å². The number of rotatable bonds is 4. The number of hydrogen-bond acceptors (Lipinski definition) is 5. The number of nitrogens with two attached hydrogens (primary N) is 3. The maximum Gasteiger partial charge on any atom is 0.330 e. The highest BCUT2D eigenvalue weighted by Gasteiger charge is 2.26. The lowest BCUT2D eigenvalue weighted by Gasteiger charge is -2.14. The summed E-state index contributed by atoms with van der Waals surface area (Å²) in [6.45, 7) is 0. The molecule has 0 unspecified atom stereocenters. The van der Waals surface area contributed by atoms with E-state index in [-0.39, 0.29) is 21.8 Å². The number of urea groups is 2. The summed E-state index contributed by atoms with van der Waals surface area (Å²) in [5, 5.41) is 0. The van der Waals surface area contributed by atoms with Gasteiger partial charge in [0.25, 0.3) is 5.91 Å². The fourth-order valence-electron chi connectivity index (χ4n) is 1.98. The van der Waals surface area contributed by atoms with E-state index in [2.05, 4.69) is 0 Å². The summed E-state index contributed by atoms with van der Waals surface area (Å²) in [7, 11) is 0. The van der Waals surface area contributed by atoms with Crippen LogP contribution >= 0.6 is 0 Å². The van der Waals surface area contributed by atoms with Crippen LogP contribution in [0, 0.1) is 0 Å². The minimum Gasteiger partial charge on any atom is -0.457 e. The predicted molar refractivity (Wildman–Crippen MR) is 86.8 cm³/mol. The van der Waals surface area contributed by atoms with E-state index in [9.17, 15) is 19.2 Å². The number of amides is 6. The van der Waals surface area contributed by atoms with Crippen LogP contribution in [-0.2, 0) is 0 Å². The van der Waals surface area contributed by atoms with Crippen LogP contribution in [0.5, 0.6) is 11.5 Å². The van der Waals surface area contributed by atoms with Crippen molar-refractivity contribution in [3.05, 3.63) is 59.7 Å². The Morgan fingerprint density at radius 2 is 1.24 bits per heavy atom. The zero-order chi connectivity index (χ0) is 18.6. The Labute approximate surface area is 141 Å². The lowest BCUT2D eigenvalue weighted by Crippen LogP contribution is -2.47. The minimum absolute atomic E-state index is 0.0406. The van der Waals surface area contributed by atoms with E-state index >= 15 is 0 Å². The Morgan fingerprint density at radius 1 is 0.760 bits per heavy atom. The molecule has 9 heteroatoms. The molecule has 2 aromatic rings. The highest BCUT2D eigenvalue weighted by atomic mass is 16.5. The van der Waals surface area contributed by atoms with Gasteiger partial charge in [0.1, 0.15) is 11.5 Å². The predicted octanol–water partition coefficient (Wildman–Crippen LogP) is 1.18. The molecule has 6 N–H and O–H groups in total. The van der Waals surface area contributed by atoms with Gasteiger partial charge in [-0.2, -0.15) is 4.90 Å². The molecule has 128 valence electrons. The van der Waals surface area contributed by atoms with Crippen molar-refractivity contribution in [1.82, 2.24) is 4.90 Å². The third-order valence-electron chi connectivity index (χ3n) is 3.08. The van der Waals surface area contributed by atoms with Crippen molar-refractivity contribution in [3.63, 3.8) is 0 Å². The van der Waals surface area contributed by atoms with E-state index in [0.29, 0.717) is 5.75 Å². The van der Waals surface area contributed by atoms with Crippen molar-refractivity contribution in [1.29, 1.82) is 0 Å². The molecule has 0 saturated heterocycles. The monoisotopic (exact) mass is 342 g/mol. The molecule has 0 bridgehead atoms. The summed E-state index contributed by atoms with van der Waals surface area (Å²) in [4.78, 5) is 45.8. The van der Waals surface area contributed by atoms with Gasteiger partial charge in [0.15, 0.2) is 0 Å². The first kappa shape index (κ1) is 17.5. The second-order valence-electron chi connectivity index (χ2n) is 4.84. The summed E-state index contributed by atoms with van der Waals surface area (Å²) in [5.74, 6) is -1.08. The Morgan fingerprint density at radius 3 is 1.72 bits per heavy atom. The van der Waals surface area contributed by atoms with Crippen molar-refractivity contribution in [3.8, 4) is 11.5 Å². The van der Waals surface area contributed by atoms with Crippen LogP contribution in [0.4, 0.5) is 9.59 Å². The Kier molecular flexibility index (Phi) is 4.98. The quantitative estimate of drug-likeness (QED) is 0.759. The van der Waals surface area contributed by atoms with Crippen molar-refractivity contribution in [2.45, 2.75) is 0 Å². The highest BCUT2D eigenvalue weighted by molar-refractivity contribution is 6.14. The van der Waals surface area contributed by atoms with Crippen LogP contribution in [-0.4, -0.2) is 28.8 Å². The number of carbonyl (C=O) groups is 4. The topological polar surface area (TPSA) is 159 Å². The molecule has 9 nitrogen and oxygen atoms in total. The van der Waals surface area contributed by atoms with Crippen LogP contribution in [0.3, 0.4) is 0 Å². The van der Waals surface area contributed by atoms with Crippen molar-refractivity contribution in [2.24, 2.45) is 17.2 Å². The number of imide groups is 3. The summed E-state index contributed by atoms with van der Waals surface area (Å²) in [5.41, 5.74) is 15.4. The summed E-state index contributed by atoms with van der Waals surface area (Å²) >= 11 is 0. The van der Waals surface area contributed by atoms with Gasteiger partial charge in [-0.15, -0.1) is 0 Å². The summed E-state index contributed by atoms with van der Waals surface area (Å²) in [6.07, 6.45) is 0. The molecule has 6 amide bonds. The number of benzene rings is 2. The fourth-order valence-corrected chi connectivity index (χ4v) is 1.98. The molecule has 0 radical (unpaired) electrons. The maximum absolute atomic E-state index is 12.2. The Balaban J connectivity index is 2.28. The first-order valence-electron chi connectivity index (χ1n) is 6.90. The largest absolute Gasteiger partial charge is 0.457 e. The van der Waals surface area contributed by atoms with Gasteiger partial charge in [-0.05, 0) is 36.4 Å². The molecule has 25 heavy (non-hydrogen) atoms. The van der Waals surface area contributed by atoms with Gasteiger partial charge in [-0.1, -0.05) is 12.1 Å². The van der Waals surface area contributed by atoms with E-state index in [0.717, 1.165) is 0 Å². The SMILES string of the molecule is NC(=O)c1cccc(Oc2cccc(C(=O)N(C(N)=O)C(N)=O)c2)c1. The minimum atomic E-state index is -1.29. The average Bonchev–Trinajstić information content (AvgIpc) is 2.54. The fraction of sp³-hybridized carbons (Fsp3) is 0. The van der Waals surface area contributed by atoms with Gasteiger partial charge >= 0.3 is 12.1 Å². The van der Waals surface area contributed by atoms with Crippen LogP contribution in [0.1, 0.15) is 20.7 Å². The van der Waals surface area contributed by atoms with Crippen molar-refractivity contribution in [2.75, 3.05) is 0 Å². The molecule has 2 rings (SSSR count). The van der Waals surface area contributed by atoms with Gasteiger partial charge in [-0.3, -0.25) is 9.59 Å². The summed E-state index contributed by atoms with van der Waals surface area (Å²) < 4.78 is 5.55. The van der Waals surface area contributed by atoms with Gasteiger partial charge in [-0.25, -0.2) is 9.59 Å². The smallest absolute Gasteiger partial charge is 0.330 e. The maximum atomic E-state index is 12.2. The van der Waals surface area contributed by atoms with Crippen LogP contribution in [0.15, 0.2) is 48.5 Å². The molecule has 0 atom stereocenters. The zero-order valence-electron chi connectivity index (χ0n) is 12.8. The highest BCUT2D eigenvalue weighted by Crippen LogP contribution is 2.23. The molecule has 0 aliphatic carbocycles. The number of nitrogens with zero attached hydrogens (tertiary/aromatic N) is 1. The van der Waals surface area contributed by atoms with Crippen LogP contribution < -0.4 is 21.9 Å². The third kappa shape index (κ3) is 4.10. The van der Waals surface area contributed by atoms with Gasteiger partial charge in [0.2, 0.25) is 5.91 Å². The Bertz CT molecular complexity index is 851. The van der Waals surface area contributed by atoms with Crippen LogP contribution in [0.25, 0.3) is 0 Å². The van der Waals surface area contributed by atoms with Crippen molar-refractivity contribution < 1.29 is 23.9 Å². The molecule has 2 aromatic carbocycles. The normalized spacial score (nSPS) is 9.92. The second-order valence-corrected chi connectivity index (χ2v) is 4.84.